The fourth-order valence-corrected chi connectivity index (χ4v) is 1.19. The summed E-state index contributed by atoms with van der Waals surface area (Å²) in [6.45, 7) is 5.06. The highest BCUT2D eigenvalue weighted by atomic mass is 16.6. The topological polar surface area (TPSA) is 106 Å². The quantitative estimate of drug-likeness (QED) is 0.814. The minimum absolute atomic E-state index is 0.135. The lowest BCUT2D eigenvalue weighted by atomic mass is 10.2. The van der Waals surface area contributed by atoms with Crippen molar-refractivity contribution in [2.24, 2.45) is 7.05 Å². The molecule has 8 heteroatoms. The van der Waals surface area contributed by atoms with Gasteiger partial charge in [-0.2, -0.15) is 0 Å². The molecule has 2 N–H and O–H groups in total. The molecule has 0 aliphatic heterocycles. The lowest BCUT2D eigenvalue weighted by molar-refractivity contribution is -0.139. The molecule has 0 aliphatic rings. The van der Waals surface area contributed by atoms with E-state index >= 15 is 0 Å². The number of ether oxygens (including phenoxy) is 1. The minimum atomic E-state index is -1.28. The average Bonchev–Trinajstić information content (AvgIpc) is 2.57. The molecule has 0 bridgehead atoms. The molecule has 18 heavy (non-hydrogen) atoms. The molecule has 0 saturated carbocycles. The molecule has 1 unspecified atom stereocenters. The summed E-state index contributed by atoms with van der Waals surface area (Å²) in [5.74, 6) is -1.23. The van der Waals surface area contributed by atoms with Gasteiger partial charge in [-0.15, -0.1) is 5.10 Å². The molecule has 0 aromatic carbocycles. The van der Waals surface area contributed by atoms with Crippen LogP contribution in [0.3, 0.4) is 0 Å². The fraction of sp³-hybridized carbons (Fsp3) is 0.600. The van der Waals surface area contributed by atoms with Gasteiger partial charge in [0.1, 0.15) is 11.3 Å². The van der Waals surface area contributed by atoms with Crippen LogP contribution in [-0.4, -0.2) is 37.8 Å². The van der Waals surface area contributed by atoms with Gasteiger partial charge in [0.25, 0.3) is 0 Å². The number of amides is 1. The number of aryl methyl sites for hydroxylation is 1. The molecule has 1 amide bonds. The molecule has 1 rings (SSSR count). The van der Waals surface area contributed by atoms with Crippen LogP contribution < -0.4 is 5.32 Å². The van der Waals surface area contributed by atoms with Gasteiger partial charge in [-0.05, 0) is 20.8 Å². The van der Waals surface area contributed by atoms with Gasteiger partial charge in [-0.1, -0.05) is 5.21 Å². The Hall–Kier alpha value is -2.12. The van der Waals surface area contributed by atoms with E-state index in [0.717, 1.165) is 0 Å². The maximum Gasteiger partial charge on any atom is 0.408 e. The maximum absolute atomic E-state index is 11.5. The van der Waals surface area contributed by atoms with Gasteiger partial charge in [-0.25, -0.2) is 9.59 Å². The third-order valence-corrected chi connectivity index (χ3v) is 1.82. The van der Waals surface area contributed by atoms with E-state index in [9.17, 15) is 9.59 Å². The molecule has 1 aromatic rings. The highest BCUT2D eigenvalue weighted by Gasteiger charge is 2.27. The van der Waals surface area contributed by atoms with Crippen LogP contribution >= 0.6 is 0 Å². The summed E-state index contributed by atoms with van der Waals surface area (Å²) in [5, 5.41) is 18.5. The Bertz CT molecular complexity index is 449. The first kappa shape index (κ1) is 13.9. The van der Waals surface area contributed by atoms with Crippen LogP contribution in [0.25, 0.3) is 0 Å². The van der Waals surface area contributed by atoms with Crippen LogP contribution in [0.5, 0.6) is 0 Å². The molecule has 0 radical (unpaired) electrons. The zero-order chi connectivity index (χ0) is 13.9. The predicted octanol–water partition coefficient (Wildman–Crippen LogP) is 0.465. The minimum Gasteiger partial charge on any atom is -0.479 e. The van der Waals surface area contributed by atoms with Crippen molar-refractivity contribution in [2.75, 3.05) is 0 Å². The first-order valence-electron chi connectivity index (χ1n) is 5.27. The Morgan fingerprint density at radius 3 is 2.50 bits per heavy atom. The maximum atomic E-state index is 11.5. The van der Waals surface area contributed by atoms with Gasteiger partial charge >= 0.3 is 12.1 Å². The van der Waals surface area contributed by atoms with E-state index in [-0.39, 0.29) is 5.69 Å². The van der Waals surface area contributed by atoms with E-state index in [1.54, 1.807) is 27.8 Å². The Kier molecular flexibility index (Phi) is 3.89. The Morgan fingerprint density at radius 1 is 1.50 bits per heavy atom. The number of carbonyl (C=O) groups is 2. The Labute approximate surface area is 104 Å². The normalized spacial score (nSPS) is 12.9. The molecule has 100 valence electrons. The van der Waals surface area contributed by atoms with E-state index in [0.29, 0.717) is 0 Å². The molecule has 8 nitrogen and oxygen atoms in total. The van der Waals surface area contributed by atoms with E-state index in [2.05, 4.69) is 15.6 Å². The highest BCUT2D eigenvalue weighted by molar-refractivity contribution is 5.80. The van der Waals surface area contributed by atoms with Crippen LogP contribution in [0.4, 0.5) is 4.79 Å². The number of carboxylic acids is 1. The van der Waals surface area contributed by atoms with E-state index in [4.69, 9.17) is 9.84 Å². The van der Waals surface area contributed by atoms with Crippen molar-refractivity contribution in [2.45, 2.75) is 32.4 Å². The molecule has 0 fully saturated rings. The van der Waals surface area contributed by atoms with Crippen molar-refractivity contribution in [3.63, 3.8) is 0 Å². The largest absolute Gasteiger partial charge is 0.479 e. The molecule has 1 aromatic heterocycles. The SMILES string of the molecule is Cn1cc(C(NC(=O)OC(C)(C)C)C(=O)O)nn1. The molecule has 0 saturated heterocycles. The summed E-state index contributed by atoms with van der Waals surface area (Å²) < 4.78 is 6.33. The number of nitrogens with zero attached hydrogens (tertiary/aromatic N) is 3. The van der Waals surface area contributed by atoms with Crippen LogP contribution in [0, 0.1) is 0 Å². The number of hydrogen-bond acceptors (Lipinski definition) is 5. The number of nitrogens with one attached hydrogen (secondary N) is 1. The van der Waals surface area contributed by atoms with Crippen LogP contribution in [0.2, 0.25) is 0 Å². The van der Waals surface area contributed by atoms with E-state index < -0.39 is 23.7 Å². The van der Waals surface area contributed by atoms with Crippen LogP contribution in [0.1, 0.15) is 32.5 Å². The van der Waals surface area contributed by atoms with Crippen molar-refractivity contribution in [3.05, 3.63) is 11.9 Å². The summed E-state index contributed by atoms with van der Waals surface area (Å²) in [6.07, 6.45) is 0.594. The van der Waals surface area contributed by atoms with Crippen molar-refractivity contribution in [1.29, 1.82) is 0 Å². The van der Waals surface area contributed by atoms with Crippen LogP contribution in [0.15, 0.2) is 6.20 Å². The molecular weight excluding hydrogens is 240 g/mol. The summed E-state index contributed by atoms with van der Waals surface area (Å²) >= 11 is 0. The Balaban J connectivity index is 2.76. The van der Waals surface area contributed by atoms with Gasteiger partial charge in [0.05, 0.1) is 6.20 Å². The molecule has 0 spiro atoms. The molecular formula is C10H16N4O4. The number of alkyl carbamates (subject to hydrolysis) is 1. The summed E-state index contributed by atoms with van der Waals surface area (Å²) in [6, 6.07) is -1.28. The molecule has 1 atom stereocenters. The van der Waals surface area contributed by atoms with Gasteiger partial charge in [0.2, 0.25) is 0 Å². The second kappa shape index (κ2) is 5.03. The third-order valence-electron chi connectivity index (χ3n) is 1.82. The standard InChI is InChI=1S/C10H16N4O4/c1-10(2,3)18-9(17)11-7(8(15)16)6-5-14(4)13-12-6/h5,7H,1-4H3,(H,11,17)(H,15,16). The number of carbonyl (C=O) groups excluding carboxylic acids is 1. The number of aliphatic carboxylic acids is 1. The summed E-state index contributed by atoms with van der Waals surface area (Å²) in [5.41, 5.74) is -0.564. The van der Waals surface area contributed by atoms with Crippen LogP contribution in [-0.2, 0) is 16.6 Å². The predicted molar refractivity (Wildman–Crippen MR) is 60.7 cm³/mol. The third kappa shape index (κ3) is 4.04. The van der Waals surface area contributed by atoms with E-state index in [1.807, 2.05) is 0 Å². The van der Waals surface area contributed by atoms with Gasteiger partial charge in [-0.3, -0.25) is 4.68 Å². The molecule has 1 heterocycles. The number of rotatable bonds is 3. The fourth-order valence-electron chi connectivity index (χ4n) is 1.19. The summed E-state index contributed by atoms with van der Waals surface area (Å²) in [7, 11) is 1.60. The monoisotopic (exact) mass is 256 g/mol. The smallest absolute Gasteiger partial charge is 0.408 e. The Morgan fingerprint density at radius 2 is 2.11 bits per heavy atom. The molecule has 0 aliphatic carbocycles. The van der Waals surface area contributed by atoms with Crippen molar-refractivity contribution < 1.29 is 19.4 Å². The first-order chi connectivity index (χ1) is 8.19. The number of hydrogen-bond donors (Lipinski definition) is 2. The zero-order valence-electron chi connectivity index (χ0n) is 10.7. The lowest BCUT2D eigenvalue weighted by Gasteiger charge is -2.21. The van der Waals surface area contributed by atoms with Crippen molar-refractivity contribution in [3.8, 4) is 0 Å². The number of carboxylic acid groups (broad SMARTS) is 1. The van der Waals surface area contributed by atoms with Crippen molar-refractivity contribution in [1.82, 2.24) is 20.3 Å². The van der Waals surface area contributed by atoms with Crippen molar-refractivity contribution >= 4 is 12.1 Å². The van der Waals surface area contributed by atoms with E-state index in [1.165, 1.54) is 10.9 Å². The van der Waals surface area contributed by atoms with Gasteiger partial charge in [0, 0.05) is 7.05 Å². The first-order valence-corrected chi connectivity index (χ1v) is 5.27. The average molecular weight is 256 g/mol. The second-order valence-corrected chi connectivity index (χ2v) is 4.73. The van der Waals surface area contributed by atoms with Gasteiger partial charge < -0.3 is 15.2 Å². The zero-order valence-corrected chi connectivity index (χ0v) is 10.7. The number of aromatic nitrogens is 3. The summed E-state index contributed by atoms with van der Waals surface area (Å²) in [4.78, 5) is 22.6. The second-order valence-electron chi connectivity index (χ2n) is 4.73. The lowest BCUT2D eigenvalue weighted by Crippen LogP contribution is -2.38. The van der Waals surface area contributed by atoms with Gasteiger partial charge in [0.15, 0.2) is 6.04 Å². The highest BCUT2D eigenvalue weighted by Crippen LogP contribution is 2.12.